The molecule has 58 valence electrons. The van der Waals surface area contributed by atoms with Crippen molar-refractivity contribution in [3.63, 3.8) is 0 Å². The monoisotopic (exact) mass is 196 g/mol. The fraction of sp³-hybridized carbons (Fsp3) is 0.200. The first-order valence-electron chi connectivity index (χ1n) is 2.20. The van der Waals surface area contributed by atoms with Gasteiger partial charge in [0.2, 0.25) is 0 Å². The van der Waals surface area contributed by atoms with Crippen LogP contribution in [0.1, 0.15) is 0 Å². The lowest BCUT2D eigenvalue weighted by atomic mass is 10.3. The van der Waals surface area contributed by atoms with E-state index in [0.29, 0.717) is 0 Å². The van der Waals surface area contributed by atoms with E-state index in [9.17, 15) is 8.78 Å². The van der Waals surface area contributed by atoms with Crippen LogP contribution in [-0.2, 0) is 0 Å². The quantitative estimate of drug-likeness (QED) is 0.478. The van der Waals surface area contributed by atoms with E-state index in [2.05, 4.69) is 11.6 Å². The third kappa shape index (κ3) is 2.71. The summed E-state index contributed by atoms with van der Waals surface area (Å²) in [5, 5.41) is 11.0. The average molecular weight is 197 g/mol. The lowest BCUT2D eigenvalue weighted by molar-refractivity contribution is 0.147. The van der Waals surface area contributed by atoms with Crippen LogP contribution in [0.4, 0.5) is 8.78 Å². The van der Waals surface area contributed by atoms with Crippen LogP contribution in [-0.4, -0.2) is 5.38 Å². The molecule has 0 fully saturated rings. The molecule has 0 unspecified atom stereocenters. The molecule has 0 saturated carbocycles. The van der Waals surface area contributed by atoms with Gasteiger partial charge in [-0.05, 0) is 11.6 Å². The summed E-state index contributed by atoms with van der Waals surface area (Å²) in [6, 6.07) is 2.36. The predicted octanol–water partition coefficient (Wildman–Crippen LogP) is 2.36. The maximum Gasteiger partial charge on any atom is 0.360 e. The van der Waals surface area contributed by atoms with Gasteiger partial charge in [-0.1, -0.05) is 11.6 Å². The highest BCUT2D eigenvalue weighted by Gasteiger charge is 2.32. The van der Waals surface area contributed by atoms with Crippen LogP contribution in [0.3, 0.4) is 0 Å². The van der Waals surface area contributed by atoms with Gasteiger partial charge in [-0.2, -0.15) is 19.3 Å². The summed E-state index contributed by atoms with van der Waals surface area (Å²) < 4.78 is 24.0. The van der Waals surface area contributed by atoms with E-state index in [4.69, 9.17) is 22.1 Å². The van der Waals surface area contributed by atoms with E-state index < -0.39 is 16.0 Å². The van der Waals surface area contributed by atoms with Crippen molar-refractivity contribution in [3.8, 4) is 12.1 Å². The summed E-state index contributed by atoms with van der Waals surface area (Å²) in [5.41, 5.74) is -0.883. The Bertz CT molecular complexity index is 250. The van der Waals surface area contributed by atoms with Crippen LogP contribution in [0.25, 0.3) is 0 Å². The highest BCUT2D eigenvalue weighted by Crippen LogP contribution is 2.33. The Kier molecular flexibility index (Phi) is 3.25. The largest absolute Gasteiger partial charge is 0.360 e. The molecule has 0 radical (unpaired) electrons. The van der Waals surface area contributed by atoms with Crippen LogP contribution in [0.15, 0.2) is 10.6 Å². The standard InChI is InChI=1S/C5Cl2F2N2/c6-4(5(7,8)9)3(1-10)2-11. The number of allylic oxidation sites excluding steroid dienone is 2. The zero-order chi connectivity index (χ0) is 9.07. The van der Waals surface area contributed by atoms with E-state index in [1.807, 2.05) is 0 Å². The molecule has 0 amide bonds. The molecule has 0 spiro atoms. The maximum atomic E-state index is 12.0. The van der Waals surface area contributed by atoms with Gasteiger partial charge >= 0.3 is 5.38 Å². The van der Waals surface area contributed by atoms with E-state index in [-0.39, 0.29) is 0 Å². The van der Waals surface area contributed by atoms with Crippen molar-refractivity contribution in [1.29, 1.82) is 10.5 Å². The van der Waals surface area contributed by atoms with Crippen molar-refractivity contribution in [3.05, 3.63) is 10.6 Å². The first-order chi connectivity index (χ1) is 4.93. The normalized spacial score (nSPS) is 9.64. The molecule has 0 heterocycles. The minimum absolute atomic E-state index is 0.883. The molecular formula is C5Cl2F2N2. The number of hydrogen-bond acceptors (Lipinski definition) is 2. The van der Waals surface area contributed by atoms with Crippen LogP contribution >= 0.6 is 23.2 Å². The second kappa shape index (κ2) is 3.52. The van der Waals surface area contributed by atoms with E-state index in [1.165, 1.54) is 12.1 Å². The molecule has 0 aliphatic rings. The summed E-state index contributed by atoms with van der Waals surface area (Å²) in [4.78, 5) is 0. The van der Waals surface area contributed by atoms with Crippen LogP contribution in [0.2, 0.25) is 0 Å². The summed E-state index contributed by atoms with van der Waals surface area (Å²) in [7, 11) is 0. The van der Waals surface area contributed by atoms with Gasteiger partial charge in [0.05, 0.1) is 0 Å². The molecular weight excluding hydrogens is 197 g/mol. The number of nitrogens with zero attached hydrogens (tertiary/aromatic N) is 2. The number of hydrogen-bond donors (Lipinski definition) is 0. The number of nitriles is 2. The number of alkyl halides is 3. The molecule has 0 aromatic carbocycles. The van der Waals surface area contributed by atoms with Gasteiger partial charge in [0, 0.05) is 0 Å². The molecule has 11 heavy (non-hydrogen) atoms. The molecule has 0 aromatic heterocycles. The number of rotatable bonds is 1. The van der Waals surface area contributed by atoms with Gasteiger partial charge in [-0.3, -0.25) is 0 Å². The van der Waals surface area contributed by atoms with Gasteiger partial charge in [-0.25, -0.2) is 0 Å². The van der Waals surface area contributed by atoms with Crippen molar-refractivity contribution in [2.75, 3.05) is 0 Å². The summed E-state index contributed by atoms with van der Waals surface area (Å²) in [6.45, 7) is 0. The summed E-state index contributed by atoms with van der Waals surface area (Å²) in [5.74, 6) is 0. The topological polar surface area (TPSA) is 47.6 Å². The first kappa shape index (κ1) is 10.2. The third-order valence-corrected chi connectivity index (χ3v) is 1.40. The Balaban J connectivity index is 5.01. The molecule has 0 N–H and O–H groups in total. The Morgan fingerprint density at radius 1 is 1.27 bits per heavy atom. The van der Waals surface area contributed by atoms with Gasteiger partial charge in [0.25, 0.3) is 0 Å². The predicted molar refractivity (Wildman–Crippen MR) is 34.9 cm³/mol. The van der Waals surface area contributed by atoms with E-state index >= 15 is 0 Å². The van der Waals surface area contributed by atoms with Crippen molar-refractivity contribution in [2.45, 2.75) is 5.38 Å². The van der Waals surface area contributed by atoms with Gasteiger partial charge in [0.15, 0.2) is 5.57 Å². The first-order valence-corrected chi connectivity index (χ1v) is 2.96. The zero-order valence-corrected chi connectivity index (χ0v) is 6.42. The second-order valence-corrected chi connectivity index (χ2v) is 2.26. The molecule has 0 atom stereocenters. The molecule has 0 aromatic rings. The third-order valence-electron chi connectivity index (χ3n) is 0.692. The maximum absolute atomic E-state index is 12.0. The fourth-order valence-corrected chi connectivity index (χ4v) is 0.444. The van der Waals surface area contributed by atoms with Crippen LogP contribution in [0, 0.1) is 22.7 Å². The molecule has 0 saturated heterocycles. The second-order valence-electron chi connectivity index (χ2n) is 1.41. The molecule has 0 aliphatic carbocycles. The smallest absolute Gasteiger partial charge is 0.192 e. The van der Waals surface area contributed by atoms with Gasteiger partial charge < -0.3 is 0 Å². The van der Waals surface area contributed by atoms with Gasteiger partial charge in [0.1, 0.15) is 17.2 Å². The molecule has 0 bridgehead atoms. The molecule has 0 rings (SSSR count). The summed E-state index contributed by atoms with van der Waals surface area (Å²) in [6.07, 6.45) is 0. The molecule has 6 heteroatoms. The molecule has 0 aliphatic heterocycles. The fourth-order valence-electron chi connectivity index (χ4n) is 0.265. The SMILES string of the molecule is N#CC(C#N)=C(Cl)C(F)(F)Cl. The van der Waals surface area contributed by atoms with Crippen molar-refractivity contribution >= 4 is 23.2 Å². The lowest BCUT2D eigenvalue weighted by Crippen LogP contribution is -2.07. The van der Waals surface area contributed by atoms with Crippen molar-refractivity contribution in [2.24, 2.45) is 0 Å². The van der Waals surface area contributed by atoms with E-state index in [0.717, 1.165) is 0 Å². The minimum atomic E-state index is -3.84. The Morgan fingerprint density at radius 3 is 1.73 bits per heavy atom. The highest BCUT2D eigenvalue weighted by atomic mass is 35.5. The lowest BCUT2D eigenvalue weighted by Gasteiger charge is -2.03. The van der Waals surface area contributed by atoms with Gasteiger partial charge in [-0.15, -0.1) is 0 Å². The van der Waals surface area contributed by atoms with Crippen molar-refractivity contribution in [1.82, 2.24) is 0 Å². The van der Waals surface area contributed by atoms with E-state index in [1.54, 1.807) is 0 Å². The molecule has 2 nitrogen and oxygen atoms in total. The Labute approximate surface area is 71.2 Å². The zero-order valence-electron chi connectivity index (χ0n) is 4.91. The summed E-state index contributed by atoms with van der Waals surface area (Å²) >= 11 is 9.29. The number of halogens is 4. The van der Waals surface area contributed by atoms with Crippen molar-refractivity contribution < 1.29 is 8.78 Å². The Morgan fingerprint density at radius 2 is 1.64 bits per heavy atom. The average Bonchev–Trinajstić information content (AvgIpc) is 1.88. The van der Waals surface area contributed by atoms with Crippen LogP contribution < -0.4 is 0 Å². The minimum Gasteiger partial charge on any atom is -0.192 e. The highest BCUT2D eigenvalue weighted by molar-refractivity contribution is 6.38. The van der Waals surface area contributed by atoms with Crippen LogP contribution in [0.5, 0.6) is 0 Å². The Hall–Kier alpha value is -0.840.